The second kappa shape index (κ2) is 6.94. The van der Waals surface area contributed by atoms with Gasteiger partial charge in [0.05, 0.1) is 6.54 Å². The second-order valence-corrected chi connectivity index (χ2v) is 7.11. The number of benzene rings is 1. The molecule has 1 aliphatic rings. The van der Waals surface area contributed by atoms with Gasteiger partial charge in [0.2, 0.25) is 0 Å². The molecule has 0 unspecified atom stereocenters. The van der Waals surface area contributed by atoms with Crippen molar-refractivity contribution in [3.8, 4) is 0 Å². The van der Waals surface area contributed by atoms with E-state index in [-0.39, 0.29) is 11.2 Å². The summed E-state index contributed by atoms with van der Waals surface area (Å²) < 4.78 is 3.78. The zero-order valence-electron chi connectivity index (χ0n) is 15.1. The van der Waals surface area contributed by atoms with Crippen LogP contribution in [-0.2, 0) is 13.1 Å². The van der Waals surface area contributed by atoms with Crippen LogP contribution < -0.4 is 11.2 Å². The molecule has 6 heteroatoms. The highest BCUT2D eigenvalue weighted by Crippen LogP contribution is 2.35. The molecule has 6 nitrogen and oxygen atoms in total. The molecule has 0 spiro atoms. The Kier molecular flexibility index (Phi) is 4.49. The van der Waals surface area contributed by atoms with Gasteiger partial charge in [-0.1, -0.05) is 50.1 Å². The lowest BCUT2D eigenvalue weighted by atomic mass is 10.1. The lowest BCUT2D eigenvalue weighted by Gasteiger charge is -2.15. The van der Waals surface area contributed by atoms with Crippen molar-refractivity contribution in [2.75, 3.05) is 0 Å². The maximum atomic E-state index is 12.4. The number of rotatable bonds is 5. The van der Waals surface area contributed by atoms with Gasteiger partial charge in [0.15, 0.2) is 11.2 Å². The lowest BCUT2D eigenvalue weighted by Crippen LogP contribution is -2.31. The first-order valence-electron chi connectivity index (χ1n) is 9.46. The Balaban J connectivity index is 1.98. The molecule has 0 amide bonds. The van der Waals surface area contributed by atoms with Gasteiger partial charge in [-0.2, -0.15) is 0 Å². The molecule has 2 heterocycles. The van der Waals surface area contributed by atoms with Gasteiger partial charge in [0.1, 0.15) is 5.82 Å². The van der Waals surface area contributed by atoms with E-state index in [4.69, 9.17) is 4.98 Å². The Bertz CT molecular complexity index is 1020. The summed E-state index contributed by atoms with van der Waals surface area (Å²) in [6, 6.07) is 10.1. The average Bonchev–Trinajstić information content (AvgIpc) is 3.28. The normalized spacial score (nSPS) is 15.1. The first-order chi connectivity index (χ1) is 12.7. The van der Waals surface area contributed by atoms with Crippen LogP contribution in [0.1, 0.15) is 56.3 Å². The van der Waals surface area contributed by atoms with E-state index in [0.29, 0.717) is 30.2 Å². The highest BCUT2D eigenvalue weighted by atomic mass is 16.2. The maximum Gasteiger partial charge on any atom is 0.330 e. The Hall–Kier alpha value is -2.63. The molecule has 26 heavy (non-hydrogen) atoms. The summed E-state index contributed by atoms with van der Waals surface area (Å²) in [7, 11) is 0. The number of nitrogens with one attached hydrogen (secondary N) is 1. The molecule has 136 valence electrons. The highest BCUT2D eigenvalue weighted by molar-refractivity contribution is 5.71. The smallest absolute Gasteiger partial charge is 0.309 e. The third-order valence-electron chi connectivity index (χ3n) is 5.26. The number of nitrogens with zero attached hydrogens (tertiary/aromatic N) is 3. The van der Waals surface area contributed by atoms with Crippen LogP contribution in [0, 0.1) is 0 Å². The molecular weight excluding hydrogens is 328 g/mol. The van der Waals surface area contributed by atoms with E-state index in [1.807, 2.05) is 25.1 Å². The predicted octanol–water partition coefficient (Wildman–Crippen LogP) is 3.00. The van der Waals surface area contributed by atoms with E-state index < -0.39 is 0 Å². The summed E-state index contributed by atoms with van der Waals surface area (Å²) in [5.74, 6) is 1.30. The van der Waals surface area contributed by atoms with Gasteiger partial charge in [-0.05, 0) is 24.8 Å². The number of imidazole rings is 1. The van der Waals surface area contributed by atoms with Gasteiger partial charge >= 0.3 is 5.69 Å². The molecule has 0 aliphatic heterocycles. The van der Waals surface area contributed by atoms with Crippen molar-refractivity contribution < 1.29 is 0 Å². The van der Waals surface area contributed by atoms with E-state index in [1.165, 1.54) is 12.8 Å². The van der Waals surface area contributed by atoms with Crippen LogP contribution in [-0.4, -0.2) is 19.1 Å². The average molecular weight is 352 g/mol. The molecule has 1 saturated carbocycles. The number of hydrogen-bond donors (Lipinski definition) is 1. The number of aryl methyl sites for hydroxylation is 1. The van der Waals surface area contributed by atoms with Gasteiger partial charge in [-0.25, -0.2) is 9.78 Å². The van der Waals surface area contributed by atoms with Crippen LogP contribution in [0.4, 0.5) is 0 Å². The van der Waals surface area contributed by atoms with Crippen molar-refractivity contribution in [2.24, 2.45) is 0 Å². The van der Waals surface area contributed by atoms with E-state index in [2.05, 4.69) is 21.7 Å². The van der Waals surface area contributed by atoms with Gasteiger partial charge in [0, 0.05) is 12.5 Å². The van der Waals surface area contributed by atoms with Crippen molar-refractivity contribution in [2.45, 2.75) is 58.0 Å². The molecule has 3 aromatic rings. The molecule has 4 rings (SSSR count). The van der Waals surface area contributed by atoms with Crippen molar-refractivity contribution in [3.05, 3.63) is 62.6 Å². The summed E-state index contributed by atoms with van der Waals surface area (Å²) in [6.45, 7) is 3.21. The molecule has 0 atom stereocenters. The van der Waals surface area contributed by atoms with Crippen molar-refractivity contribution in [1.29, 1.82) is 0 Å². The van der Waals surface area contributed by atoms with Gasteiger partial charge in [-0.15, -0.1) is 0 Å². The van der Waals surface area contributed by atoms with Crippen molar-refractivity contribution >= 4 is 11.2 Å². The number of hydrogen-bond acceptors (Lipinski definition) is 3. The van der Waals surface area contributed by atoms with Crippen molar-refractivity contribution in [3.63, 3.8) is 0 Å². The van der Waals surface area contributed by atoms with Crippen LogP contribution in [0.3, 0.4) is 0 Å². The summed E-state index contributed by atoms with van der Waals surface area (Å²) in [4.78, 5) is 32.1. The Morgan fingerprint density at radius 3 is 2.54 bits per heavy atom. The Morgan fingerprint density at radius 2 is 1.85 bits per heavy atom. The third-order valence-corrected chi connectivity index (χ3v) is 5.26. The van der Waals surface area contributed by atoms with E-state index in [0.717, 1.165) is 30.7 Å². The minimum atomic E-state index is -0.386. The summed E-state index contributed by atoms with van der Waals surface area (Å²) >= 11 is 0. The summed E-state index contributed by atoms with van der Waals surface area (Å²) in [5.41, 5.74) is 1.45. The van der Waals surface area contributed by atoms with E-state index in [1.54, 1.807) is 4.57 Å². The van der Waals surface area contributed by atoms with E-state index >= 15 is 0 Å². The van der Waals surface area contributed by atoms with Crippen LogP contribution in [0.25, 0.3) is 11.2 Å². The fraction of sp³-hybridized carbons (Fsp3) is 0.450. The molecule has 1 aromatic carbocycles. The van der Waals surface area contributed by atoms with Crippen LogP contribution in [0.15, 0.2) is 39.9 Å². The number of H-pyrrole nitrogens is 1. The molecule has 1 N–H and O–H groups in total. The predicted molar refractivity (Wildman–Crippen MR) is 102 cm³/mol. The molecule has 0 radical (unpaired) electrons. The van der Waals surface area contributed by atoms with Gasteiger partial charge in [0.25, 0.3) is 5.56 Å². The van der Waals surface area contributed by atoms with Gasteiger partial charge in [-0.3, -0.25) is 14.3 Å². The Labute approximate surface area is 151 Å². The monoisotopic (exact) mass is 352 g/mol. The SMILES string of the molecule is CCCn1c(=O)[nH]c(=O)c2nc(C3CCCC3)n(Cc3ccccc3)c21. The lowest BCUT2D eigenvalue weighted by molar-refractivity contribution is 0.594. The maximum absolute atomic E-state index is 12.4. The fourth-order valence-electron chi connectivity index (χ4n) is 4.06. The van der Waals surface area contributed by atoms with Crippen molar-refractivity contribution in [1.82, 2.24) is 19.1 Å². The molecule has 2 aromatic heterocycles. The minimum absolute atomic E-state index is 0.350. The summed E-state index contributed by atoms with van der Waals surface area (Å²) in [5, 5.41) is 0. The third kappa shape index (κ3) is 2.89. The topological polar surface area (TPSA) is 72.7 Å². The quantitative estimate of drug-likeness (QED) is 0.767. The first kappa shape index (κ1) is 16.8. The van der Waals surface area contributed by atoms with Crippen LogP contribution >= 0.6 is 0 Å². The fourth-order valence-corrected chi connectivity index (χ4v) is 4.06. The van der Waals surface area contributed by atoms with Crippen LogP contribution in [0.5, 0.6) is 0 Å². The van der Waals surface area contributed by atoms with Crippen LogP contribution in [0.2, 0.25) is 0 Å². The summed E-state index contributed by atoms with van der Waals surface area (Å²) in [6.07, 6.45) is 5.38. The zero-order chi connectivity index (χ0) is 18.1. The largest absolute Gasteiger partial charge is 0.330 e. The number of aromatic nitrogens is 4. The zero-order valence-corrected chi connectivity index (χ0v) is 15.1. The molecule has 0 bridgehead atoms. The number of aromatic amines is 1. The van der Waals surface area contributed by atoms with Gasteiger partial charge < -0.3 is 4.57 Å². The molecule has 1 aliphatic carbocycles. The van der Waals surface area contributed by atoms with E-state index in [9.17, 15) is 9.59 Å². The molecule has 1 fully saturated rings. The second-order valence-electron chi connectivity index (χ2n) is 7.11. The highest BCUT2D eigenvalue weighted by Gasteiger charge is 2.26. The first-order valence-corrected chi connectivity index (χ1v) is 9.46. The molecule has 0 saturated heterocycles. The standard InChI is InChI=1S/C20H24N4O2/c1-2-12-23-19-16(18(25)22-20(23)26)21-17(15-10-6-7-11-15)24(19)13-14-8-4-3-5-9-14/h3-5,8-9,15H,2,6-7,10-13H2,1H3,(H,22,25,26). The Morgan fingerprint density at radius 1 is 1.12 bits per heavy atom. The number of fused-ring (bicyclic) bond motifs is 1. The molecular formula is C20H24N4O2. The minimum Gasteiger partial charge on any atom is -0.309 e.